The second kappa shape index (κ2) is 29.2. The SMILES string of the molecule is CCCCCc1c2c3ccccc3n(C)c2c(-c2ccc(-c3c4nc(c(-c5ccc(-c6c7c8ccccc8n(C)c7c(CCCCC)c7c8ccccc8n(C)c67)cc5)c5ccc([nH]5)c(-c5ccc(-c6c7c8ccccc8n(C)c7c(CCCCC)c7c8ccccc8n(C)c67)cc5)c5nc(cc6ccc3[nH]6)C=C5)C=C4)cc2)c2c3ccccc3n(C)c12. The molecule has 10 heteroatoms. The van der Waals surface area contributed by atoms with Crippen molar-refractivity contribution in [2.45, 2.75) is 97.8 Å². The summed E-state index contributed by atoms with van der Waals surface area (Å²) in [7, 11) is 13.7. The molecule has 10 nitrogen and oxygen atoms in total. The number of benzene rings is 12. The van der Waals surface area contributed by atoms with Gasteiger partial charge in [-0.3, -0.25) is 0 Å². The van der Waals surface area contributed by atoms with E-state index in [9.17, 15) is 0 Å². The highest BCUT2D eigenvalue weighted by Crippen LogP contribution is 2.53. The van der Waals surface area contributed by atoms with E-state index in [1.165, 1.54) is 213 Å². The Hall–Kier alpha value is -14.0. The molecule has 23 rings (SSSR count). The maximum atomic E-state index is 5.95. The van der Waals surface area contributed by atoms with Gasteiger partial charge in [0.25, 0.3) is 0 Å². The van der Waals surface area contributed by atoms with Crippen LogP contribution < -0.4 is 0 Å². The van der Waals surface area contributed by atoms with Crippen molar-refractivity contribution in [1.82, 2.24) is 47.3 Å². The fourth-order valence-electron chi connectivity index (χ4n) is 22.4. The highest BCUT2D eigenvalue weighted by Gasteiger charge is 2.31. The molecule has 0 fully saturated rings. The number of nitrogens with one attached hydrogen (secondary N) is 2. The largest absolute Gasteiger partial charge is 0.355 e. The summed E-state index contributed by atoms with van der Waals surface area (Å²) in [4.78, 5) is 19.7. The number of para-hydroxylation sites is 6. The molecule has 8 bridgehead atoms. The zero-order valence-electron chi connectivity index (χ0n) is 71.5. The lowest BCUT2D eigenvalue weighted by Gasteiger charge is -2.16. The third kappa shape index (κ3) is 11.2. The van der Waals surface area contributed by atoms with E-state index in [1.54, 1.807) is 0 Å². The molecule has 0 amide bonds. The molecule has 2 aliphatic rings. The van der Waals surface area contributed by atoms with Gasteiger partial charge < -0.3 is 37.4 Å². The standard InChI is InChI=1S/C113H98N10/c1-10-13-16-37-81-102-75-31-19-25-40-90(75)121(7)111(102)99(105-78-34-22-28-43-93(78)118(4)108(81)105)70-52-46-67(47-53-70)96-84-60-58-73(114-84)66-74-59-61-85(115-74)97(68-48-54-71(55-49-68)100-106-79-35-23-29-44-94(79)119(5)109(106)82(38-17-14-11-2)103-76-32-20-26-41-91(76)122(8)112(100)103)87-63-65-89(117-87)98(88-64-62-86(96)116-88)69-50-56-72(57-51-69)101-107-80-36-24-30-45-95(80)120(6)110(107)83(39-18-15-12-3)104-77-33-21-27-42-92(77)123(9)113(101)104/h19-36,40-66,114,117H,10-18,37-39H2,1-9H3. The lowest BCUT2D eigenvalue weighted by Crippen LogP contribution is -1.99. The molecule has 2 aliphatic heterocycles. The van der Waals surface area contributed by atoms with E-state index in [1.807, 2.05) is 0 Å². The third-order valence-electron chi connectivity index (χ3n) is 27.9. The fraction of sp³-hybridized carbons (Fsp3) is 0.186. The molecule has 0 radical (unpaired) electrons. The number of aryl methyl sites for hydroxylation is 9. The molecule has 0 spiro atoms. The second-order valence-electron chi connectivity index (χ2n) is 34.8. The van der Waals surface area contributed by atoms with Crippen molar-refractivity contribution in [2.75, 3.05) is 0 Å². The highest BCUT2D eigenvalue weighted by atomic mass is 15.0. The van der Waals surface area contributed by atoms with Crippen molar-refractivity contribution in [1.29, 1.82) is 0 Å². The minimum absolute atomic E-state index is 0.859. The van der Waals surface area contributed by atoms with Crippen molar-refractivity contribution < 1.29 is 0 Å². The number of aromatic amines is 2. The summed E-state index contributed by atoms with van der Waals surface area (Å²) in [6, 6.07) is 93.8. The van der Waals surface area contributed by atoms with Gasteiger partial charge >= 0.3 is 0 Å². The molecule has 9 aromatic heterocycles. The average molecular weight is 1600 g/mol. The summed E-state index contributed by atoms with van der Waals surface area (Å²) in [6.07, 6.45) is 22.3. The van der Waals surface area contributed by atoms with E-state index in [0.29, 0.717) is 0 Å². The Balaban J connectivity index is 0.750. The molecule has 600 valence electrons. The van der Waals surface area contributed by atoms with Crippen molar-refractivity contribution in [3.63, 3.8) is 0 Å². The predicted octanol–water partition coefficient (Wildman–Crippen LogP) is 29.7. The van der Waals surface area contributed by atoms with Crippen LogP contribution in [0.3, 0.4) is 0 Å². The van der Waals surface area contributed by atoms with Gasteiger partial charge in [-0.2, -0.15) is 0 Å². The first-order chi connectivity index (χ1) is 60.5. The van der Waals surface area contributed by atoms with Gasteiger partial charge in [0.1, 0.15) is 0 Å². The molecule has 0 saturated carbocycles. The Morgan fingerprint density at radius 3 is 0.821 bits per heavy atom. The van der Waals surface area contributed by atoms with Crippen LogP contribution in [-0.4, -0.2) is 47.3 Å². The minimum atomic E-state index is 0.859. The van der Waals surface area contributed by atoms with Gasteiger partial charge in [-0.15, -0.1) is 0 Å². The number of unbranched alkanes of at least 4 members (excludes halogenated alkanes) is 6. The first kappa shape index (κ1) is 74.1. The van der Waals surface area contributed by atoms with E-state index >= 15 is 0 Å². The fourth-order valence-corrected chi connectivity index (χ4v) is 22.4. The Morgan fingerprint density at radius 1 is 0.244 bits per heavy atom. The zero-order valence-corrected chi connectivity index (χ0v) is 71.5. The first-order valence-electron chi connectivity index (χ1n) is 44.6. The van der Waals surface area contributed by atoms with Crippen LogP contribution in [-0.2, 0) is 61.5 Å². The van der Waals surface area contributed by atoms with Gasteiger partial charge in [-0.25, -0.2) is 9.97 Å². The maximum absolute atomic E-state index is 5.95. The number of fused-ring (bicyclic) bond motifs is 26. The van der Waals surface area contributed by atoms with Crippen LogP contribution in [0.4, 0.5) is 0 Å². The molecule has 0 atom stereocenters. The van der Waals surface area contributed by atoms with Crippen molar-refractivity contribution in [3.05, 3.63) is 288 Å². The van der Waals surface area contributed by atoms with E-state index in [4.69, 9.17) is 9.97 Å². The quantitative estimate of drug-likeness (QED) is 0.0839. The Kier molecular flexibility index (Phi) is 17.6. The molecule has 0 aliphatic carbocycles. The van der Waals surface area contributed by atoms with E-state index < -0.39 is 0 Å². The lowest BCUT2D eigenvalue weighted by atomic mass is 9.90. The molecular weight excluding hydrogens is 1500 g/mol. The van der Waals surface area contributed by atoms with E-state index in [2.05, 4.69) is 373 Å². The van der Waals surface area contributed by atoms with Crippen molar-refractivity contribution >= 4 is 177 Å². The van der Waals surface area contributed by atoms with Crippen LogP contribution in [0.15, 0.2) is 249 Å². The van der Waals surface area contributed by atoms with Gasteiger partial charge in [-0.1, -0.05) is 241 Å². The van der Waals surface area contributed by atoms with Gasteiger partial charge in [-0.05, 0) is 180 Å². The molecule has 2 N–H and O–H groups in total. The maximum Gasteiger partial charge on any atom is 0.0737 e. The number of hydrogen-bond acceptors (Lipinski definition) is 2. The molecule has 0 unspecified atom stereocenters. The summed E-state index contributed by atoms with van der Waals surface area (Å²) in [6.45, 7) is 6.94. The number of hydrogen-bond donors (Lipinski definition) is 2. The van der Waals surface area contributed by atoms with Crippen LogP contribution in [0.5, 0.6) is 0 Å². The highest BCUT2D eigenvalue weighted by molar-refractivity contribution is 6.31. The lowest BCUT2D eigenvalue weighted by molar-refractivity contribution is 0.720. The molecule has 123 heavy (non-hydrogen) atoms. The van der Waals surface area contributed by atoms with Crippen LogP contribution in [0.1, 0.15) is 118 Å². The normalized spacial score (nSPS) is 12.6. The number of rotatable bonds is 18. The van der Waals surface area contributed by atoms with E-state index in [-0.39, 0.29) is 0 Å². The Bertz CT molecular complexity index is 7990. The molecule has 0 saturated heterocycles. The molecular formula is C113H98N10. The van der Waals surface area contributed by atoms with Gasteiger partial charge in [0, 0.05) is 195 Å². The summed E-state index contributed by atoms with van der Waals surface area (Å²) in [5.74, 6) is 0. The molecule has 21 aromatic rings. The second-order valence-corrected chi connectivity index (χ2v) is 34.8. The molecule has 12 aromatic carbocycles. The topological polar surface area (TPSA) is 86.9 Å². The first-order valence-corrected chi connectivity index (χ1v) is 44.6. The smallest absolute Gasteiger partial charge is 0.0737 e. The molecule has 11 heterocycles. The van der Waals surface area contributed by atoms with Crippen molar-refractivity contribution in [3.8, 4) is 66.8 Å². The van der Waals surface area contributed by atoms with Crippen molar-refractivity contribution in [2.24, 2.45) is 42.3 Å². The van der Waals surface area contributed by atoms with Gasteiger partial charge in [0.15, 0.2) is 0 Å². The number of nitrogens with zero attached hydrogens (tertiary/aromatic N) is 8. The number of aromatic nitrogens is 10. The van der Waals surface area contributed by atoms with Crippen LogP contribution >= 0.6 is 0 Å². The van der Waals surface area contributed by atoms with Gasteiger partial charge in [0.05, 0.1) is 55.9 Å². The third-order valence-corrected chi connectivity index (χ3v) is 27.9. The summed E-state index contributed by atoms with van der Waals surface area (Å²) >= 11 is 0. The predicted molar refractivity (Wildman–Crippen MR) is 525 cm³/mol. The van der Waals surface area contributed by atoms with Crippen LogP contribution in [0.2, 0.25) is 0 Å². The van der Waals surface area contributed by atoms with Crippen LogP contribution in [0, 0.1) is 0 Å². The van der Waals surface area contributed by atoms with E-state index in [0.717, 1.165) is 123 Å². The summed E-state index contributed by atoms with van der Waals surface area (Å²) < 4.78 is 14.9. The summed E-state index contributed by atoms with van der Waals surface area (Å²) in [5.41, 5.74) is 40.3. The minimum Gasteiger partial charge on any atom is -0.355 e. The zero-order chi connectivity index (χ0) is 82.7. The monoisotopic (exact) mass is 1590 g/mol. The summed E-state index contributed by atoms with van der Waals surface area (Å²) in [5, 5.41) is 15.7. The number of H-pyrrole nitrogens is 2. The Labute approximate surface area is 715 Å². The van der Waals surface area contributed by atoms with Gasteiger partial charge in [0.2, 0.25) is 0 Å². The van der Waals surface area contributed by atoms with Crippen LogP contribution in [0.25, 0.3) is 244 Å². The Morgan fingerprint density at radius 2 is 0.504 bits per heavy atom. The average Bonchev–Trinajstić information content (AvgIpc) is 1.54.